The molecular formula is C59H114O6. The van der Waals surface area contributed by atoms with E-state index in [9.17, 15) is 14.4 Å². The third kappa shape index (κ3) is 51.6. The molecule has 6 nitrogen and oxygen atoms in total. The van der Waals surface area contributed by atoms with Gasteiger partial charge in [0.2, 0.25) is 0 Å². The Hall–Kier alpha value is -1.59. The molecule has 0 aliphatic rings. The summed E-state index contributed by atoms with van der Waals surface area (Å²) in [5.74, 6) is 0.848. The van der Waals surface area contributed by atoms with E-state index in [1.807, 2.05) is 0 Å². The molecule has 0 aliphatic heterocycles. The van der Waals surface area contributed by atoms with Gasteiger partial charge in [-0.3, -0.25) is 14.4 Å². The smallest absolute Gasteiger partial charge is 0.306 e. The molecule has 0 spiro atoms. The van der Waals surface area contributed by atoms with Gasteiger partial charge in [0.15, 0.2) is 6.10 Å². The highest BCUT2D eigenvalue weighted by atomic mass is 16.6. The summed E-state index contributed by atoms with van der Waals surface area (Å²) in [7, 11) is 0. The Labute approximate surface area is 406 Å². The highest BCUT2D eigenvalue weighted by Crippen LogP contribution is 2.19. The minimum Gasteiger partial charge on any atom is -0.462 e. The Kier molecular flexibility index (Phi) is 50.5. The molecule has 0 N–H and O–H groups in total. The summed E-state index contributed by atoms with van der Waals surface area (Å²) in [6, 6.07) is 0. The van der Waals surface area contributed by atoms with Crippen LogP contribution in [0.1, 0.15) is 330 Å². The molecule has 6 heteroatoms. The van der Waals surface area contributed by atoms with E-state index in [0.29, 0.717) is 19.3 Å². The standard InChI is InChI=1S/C59H114O6/c1-6-8-9-10-11-12-13-14-19-23-26-29-34-39-44-49-57(60)63-52-56(53-64-58(61)50-45-40-36-31-32-37-42-47-54(3)4)65-59(62)51-46-41-35-30-27-24-21-18-16-15-17-20-22-25-28-33-38-43-48-55(5)7-2/h54-56H,6-53H2,1-5H3/t55?,56-/m1/s1. The molecule has 0 radical (unpaired) electrons. The van der Waals surface area contributed by atoms with E-state index in [1.54, 1.807) is 0 Å². The maximum absolute atomic E-state index is 12.8. The Morgan fingerprint density at radius 1 is 0.323 bits per heavy atom. The lowest BCUT2D eigenvalue weighted by Gasteiger charge is -2.18. The Morgan fingerprint density at radius 2 is 0.585 bits per heavy atom. The van der Waals surface area contributed by atoms with E-state index in [4.69, 9.17) is 14.2 Å². The van der Waals surface area contributed by atoms with Crippen LogP contribution in [0.4, 0.5) is 0 Å². The van der Waals surface area contributed by atoms with Crippen LogP contribution < -0.4 is 0 Å². The number of rotatable bonds is 53. The van der Waals surface area contributed by atoms with Crippen molar-refractivity contribution >= 4 is 17.9 Å². The monoisotopic (exact) mass is 919 g/mol. The topological polar surface area (TPSA) is 78.9 Å². The number of carbonyl (C=O) groups excluding carboxylic acids is 3. The summed E-state index contributed by atoms with van der Waals surface area (Å²) in [5, 5.41) is 0. The Bertz CT molecular complexity index is 995. The van der Waals surface area contributed by atoms with Crippen LogP contribution in [0.25, 0.3) is 0 Å². The van der Waals surface area contributed by atoms with E-state index in [0.717, 1.165) is 69.6 Å². The Balaban J connectivity index is 4.21. The van der Waals surface area contributed by atoms with Crippen molar-refractivity contribution in [1.29, 1.82) is 0 Å². The second-order valence-electron chi connectivity index (χ2n) is 21.0. The molecule has 2 atom stereocenters. The first-order chi connectivity index (χ1) is 31.8. The number of unbranched alkanes of at least 4 members (excludes halogenated alkanes) is 37. The molecule has 65 heavy (non-hydrogen) atoms. The summed E-state index contributed by atoms with van der Waals surface area (Å²) < 4.78 is 16.9. The molecule has 0 saturated heterocycles. The maximum atomic E-state index is 12.8. The molecule has 0 amide bonds. The number of carbonyl (C=O) groups is 3. The molecule has 386 valence electrons. The van der Waals surface area contributed by atoms with Gasteiger partial charge >= 0.3 is 17.9 Å². The van der Waals surface area contributed by atoms with Gasteiger partial charge in [0.25, 0.3) is 0 Å². The minimum atomic E-state index is -0.763. The highest BCUT2D eigenvalue weighted by Gasteiger charge is 2.19. The molecule has 0 saturated carbocycles. The van der Waals surface area contributed by atoms with Crippen molar-refractivity contribution in [2.24, 2.45) is 11.8 Å². The molecule has 0 aromatic carbocycles. The first kappa shape index (κ1) is 63.4. The molecule has 0 heterocycles. The molecule has 0 fully saturated rings. The summed E-state index contributed by atoms with van der Waals surface area (Å²) in [5.41, 5.74) is 0. The summed E-state index contributed by atoms with van der Waals surface area (Å²) in [6.45, 7) is 11.4. The number of ether oxygens (including phenoxy) is 3. The maximum Gasteiger partial charge on any atom is 0.306 e. The molecule has 0 rings (SSSR count). The fourth-order valence-corrected chi connectivity index (χ4v) is 9.02. The van der Waals surface area contributed by atoms with Gasteiger partial charge in [0, 0.05) is 19.3 Å². The van der Waals surface area contributed by atoms with Gasteiger partial charge in [-0.25, -0.2) is 0 Å². The Morgan fingerprint density at radius 3 is 0.877 bits per heavy atom. The van der Waals surface area contributed by atoms with Gasteiger partial charge in [-0.2, -0.15) is 0 Å². The van der Waals surface area contributed by atoms with Crippen LogP contribution in [0, 0.1) is 11.8 Å². The van der Waals surface area contributed by atoms with Crippen molar-refractivity contribution in [3.8, 4) is 0 Å². The lowest BCUT2D eigenvalue weighted by molar-refractivity contribution is -0.167. The first-order valence-electron chi connectivity index (χ1n) is 29.3. The third-order valence-electron chi connectivity index (χ3n) is 13.8. The quantitative estimate of drug-likeness (QED) is 0.0344. The normalized spacial score (nSPS) is 12.5. The fraction of sp³-hybridized carbons (Fsp3) is 0.949. The van der Waals surface area contributed by atoms with Crippen molar-refractivity contribution in [1.82, 2.24) is 0 Å². The van der Waals surface area contributed by atoms with Crippen LogP contribution in [0.15, 0.2) is 0 Å². The summed E-state index contributed by atoms with van der Waals surface area (Å²) in [4.78, 5) is 38.1. The van der Waals surface area contributed by atoms with Crippen LogP contribution in [-0.2, 0) is 28.6 Å². The zero-order valence-electron chi connectivity index (χ0n) is 44.6. The lowest BCUT2D eigenvalue weighted by Crippen LogP contribution is -2.30. The van der Waals surface area contributed by atoms with Crippen molar-refractivity contribution in [2.75, 3.05) is 13.2 Å². The van der Waals surface area contributed by atoms with Crippen molar-refractivity contribution in [3.63, 3.8) is 0 Å². The van der Waals surface area contributed by atoms with Gasteiger partial charge in [-0.15, -0.1) is 0 Å². The van der Waals surface area contributed by atoms with Gasteiger partial charge in [-0.05, 0) is 31.1 Å². The van der Waals surface area contributed by atoms with E-state index < -0.39 is 6.10 Å². The molecule has 0 bridgehead atoms. The molecule has 1 unspecified atom stereocenters. The van der Waals surface area contributed by atoms with Crippen molar-refractivity contribution < 1.29 is 28.6 Å². The van der Waals surface area contributed by atoms with Crippen LogP contribution in [0.3, 0.4) is 0 Å². The number of hydrogen-bond donors (Lipinski definition) is 0. The predicted molar refractivity (Wildman–Crippen MR) is 280 cm³/mol. The van der Waals surface area contributed by atoms with Gasteiger partial charge < -0.3 is 14.2 Å². The average Bonchev–Trinajstić information content (AvgIpc) is 3.29. The van der Waals surface area contributed by atoms with Crippen molar-refractivity contribution in [3.05, 3.63) is 0 Å². The molecule has 0 aromatic heterocycles. The zero-order valence-corrected chi connectivity index (χ0v) is 44.6. The average molecular weight is 920 g/mol. The second-order valence-corrected chi connectivity index (χ2v) is 21.0. The van der Waals surface area contributed by atoms with Crippen LogP contribution in [0.2, 0.25) is 0 Å². The summed E-state index contributed by atoms with van der Waals surface area (Å²) in [6.07, 6.45) is 55.3. The molecule has 0 aromatic rings. The van der Waals surface area contributed by atoms with E-state index in [2.05, 4.69) is 34.6 Å². The number of hydrogen-bond acceptors (Lipinski definition) is 6. The largest absolute Gasteiger partial charge is 0.462 e. The highest BCUT2D eigenvalue weighted by molar-refractivity contribution is 5.71. The van der Waals surface area contributed by atoms with Gasteiger partial charge in [0.1, 0.15) is 13.2 Å². The zero-order chi connectivity index (χ0) is 47.5. The van der Waals surface area contributed by atoms with Crippen LogP contribution in [-0.4, -0.2) is 37.2 Å². The van der Waals surface area contributed by atoms with E-state index >= 15 is 0 Å². The van der Waals surface area contributed by atoms with Crippen molar-refractivity contribution in [2.45, 2.75) is 336 Å². The van der Waals surface area contributed by atoms with Crippen LogP contribution in [0.5, 0.6) is 0 Å². The van der Waals surface area contributed by atoms with E-state index in [-0.39, 0.29) is 31.1 Å². The SMILES string of the molecule is CCCCCCCCCCCCCCCCCC(=O)OC[C@H](COC(=O)CCCCCCCCCC(C)C)OC(=O)CCCCCCCCCCCCCCCCCCCCC(C)CC. The molecular weight excluding hydrogens is 805 g/mol. The first-order valence-corrected chi connectivity index (χ1v) is 29.3. The van der Waals surface area contributed by atoms with Gasteiger partial charge in [-0.1, -0.05) is 291 Å². The lowest BCUT2D eigenvalue weighted by atomic mass is 9.99. The number of esters is 3. The fourth-order valence-electron chi connectivity index (χ4n) is 9.02. The molecule has 0 aliphatic carbocycles. The minimum absolute atomic E-state index is 0.0633. The third-order valence-corrected chi connectivity index (χ3v) is 13.8. The second kappa shape index (κ2) is 51.8. The summed E-state index contributed by atoms with van der Waals surface area (Å²) >= 11 is 0. The van der Waals surface area contributed by atoms with Crippen LogP contribution >= 0.6 is 0 Å². The predicted octanol–water partition coefficient (Wildman–Crippen LogP) is 19.3. The van der Waals surface area contributed by atoms with E-state index in [1.165, 1.54) is 218 Å². The van der Waals surface area contributed by atoms with Gasteiger partial charge in [0.05, 0.1) is 0 Å².